The fraction of sp³-hybridized carbons (Fsp3) is 0.286. The molecule has 0 aliphatic rings. The van der Waals surface area contributed by atoms with E-state index in [0.717, 1.165) is 22.0 Å². The second kappa shape index (κ2) is 7.88. The van der Waals surface area contributed by atoms with Crippen LogP contribution in [0.5, 0.6) is 17.2 Å². The lowest BCUT2D eigenvalue weighted by Crippen LogP contribution is -2.03. The number of rotatable bonds is 7. The zero-order chi connectivity index (χ0) is 17.6. The fourth-order valence-corrected chi connectivity index (χ4v) is 2.88. The third kappa shape index (κ3) is 3.53. The molecule has 0 fully saturated rings. The predicted octanol–water partition coefficient (Wildman–Crippen LogP) is 5.10. The molecule has 3 aromatic rings. The number of aromatic nitrogens is 1. The molecule has 0 spiro atoms. The zero-order valence-corrected chi connectivity index (χ0v) is 14.9. The summed E-state index contributed by atoms with van der Waals surface area (Å²) in [6.45, 7) is 7.52. The fourth-order valence-electron chi connectivity index (χ4n) is 2.88. The summed E-state index contributed by atoms with van der Waals surface area (Å²) >= 11 is 0. The van der Waals surface area contributed by atoms with Crippen LogP contribution in [-0.4, -0.2) is 24.8 Å². The van der Waals surface area contributed by atoms with Gasteiger partial charge in [0, 0.05) is 17.1 Å². The van der Waals surface area contributed by atoms with Gasteiger partial charge in [-0.15, -0.1) is 0 Å². The van der Waals surface area contributed by atoms with Crippen molar-refractivity contribution in [3.8, 4) is 28.5 Å². The molecule has 1 heterocycles. The molecule has 0 saturated heterocycles. The second-order valence-corrected chi connectivity index (χ2v) is 5.48. The Kier molecular flexibility index (Phi) is 5.39. The van der Waals surface area contributed by atoms with Crippen LogP contribution >= 0.6 is 0 Å². The van der Waals surface area contributed by atoms with E-state index in [1.807, 2.05) is 57.3 Å². The van der Waals surface area contributed by atoms with E-state index in [2.05, 4.69) is 17.1 Å². The van der Waals surface area contributed by atoms with E-state index in [4.69, 9.17) is 14.2 Å². The molecule has 0 aliphatic heterocycles. The van der Waals surface area contributed by atoms with Gasteiger partial charge in [-0.3, -0.25) is 4.98 Å². The van der Waals surface area contributed by atoms with Crippen LogP contribution in [0, 0.1) is 0 Å². The molecular weight excluding hydrogens is 314 g/mol. The van der Waals surface area contributed by atoms with Gasteiger partial charge in [0.2, 0.25) is 5.75 Å². The number of fused-ring (bicyclic) bond motifs is 1. The summed E-state index contributed by atoms with van der Waals surface area (Å²) in [5.74, 6) is 2.01. The van der Waals surface area contributed by atoms with E-state index in [9.17, 15) is 0 Å². The van der Waals surface area contributed by atoms with Crippen molar-refractivity contribution >= 4 is 10.8 Å². The number of hydrogen-bond acceptors (Lipinski definition) is 4. The van der Waals surface area contributed by atoms with Crippen LogP contribution in [0.2, 0.25) is 0 Å². The van der Waals surface area contributed by atoms with E-state index in [1.165, 1.54) is 0 Å². The Bertz CT molecular complexity index is 828. The summed E-state index contributed by atoms with van der Waals surface area (Å²) in [5, 5.41) is 2.25. The molecule has 0 atom stereocenters. The lowest BCUT2D eigenvalue weighted by Gasteiger charge is -2.17. The number of pyridine rings is 1. The molecule has 0 N–H and O–H groups in total. The molecule has 0 aliphatic carbocycles. The molecular formula is C21H23NO3. The molecule has 0 radical (unpaired) electrons. The van der Waals surface area contributed by atoms with Gasteiger partial charge in [-0.05, 0) is 44.4 Å². The van der Waals surface area contributed by atoms with Gasteiger partial charge in [-0.25, -0.2) is 0 Å². The third-order valence-electron chi connectivity index (χ3n) is 3.86. The van der Waals surface area contributed by atoms with E-state index < -0.39 is 0 Å². The lowest BCUT2D eigenvalue weighted by molar-refractivity contribution is 0.261. The Morgan fingerprint density at radius 1 is 0.800 bits per heavy atom. The summed E-state index contributed by atoms with van der Waals surface area (Å²) in [5.41, 5.74) is 1.86. The quantitative estimate of drug-likeness (QED) is 0.601. The Labute approximate surface area is 148 Å². The average Bonchev–Trinajstić information content (AvgIpc) is 2.64. The second-order valence-electron chi connectivity index (χ2n) is 5.48. The zero-order valence-electron chi connectivity index (χ0n) is 14.9. The van der Waals surface area contributed by atoms with Crippen LogP contribution in [0.25, 0.3) is 22.0 Å². The molecule has 0 unspecified atom stereocenters. The largest absolute Gasteiger partial charge is 0.490 e. The van der Waals surface area contributed by atoms with Crippen LogP contribution in [0.3, 0.4) is 0 Å². The number of benzene rings is 2. The van der Waals surface area contributed by atoms with Crippen LogP contribution < -0.4 is 14.2 Å². The van der Waals surface area contributed by atoms with Gasteiger partial charge in [0.1, 0.15) is 0 Å². The minimum Gasteiger partial charge on any atom is -0.490 e. The number of ether oxygens (including phenoxy) is 3. The van der Waals surface area contributed by atoms with E-state index in [-0.39, 0.29) is 0 Å². The van der Waals surface area contributed by atoms with Crippen molar-refractivity contribution in [1.29, 1.82) is 0 Å². The number of hydrogen-bond donors (Lipinski definition) is 0. The van der Waals surface area contributed by atoms with Gasteiger partial charge in [0.15, 0.2) is 11.5 Å². The molecule has 4 nitrogen and oxygen atoms in total. The molecule has 0 saturated carbocycles. The van der Waals surface area contributed by atoms with Crippen LogP contribution in [0.15, 0.2) is 48.7 Å². The van der Waals surface area contributed by atoms with Gasteiger partial charge in [-0.1, -0.05) is 24.3 Å². The van der Waals surface area contributed by atoms with Gasteiger partial charge in [-0.2, -0.15) is 0 Å². The molecule has 0 bridgehead atoms. The van der Waals surface area contributed by atoms with E-state index in [1.54, 1.807) is 0 Å². The summed E-state index contributed by atoms with van der Waals surface area (Å²) in [6, 6.07) is 14.2. The van der Waals surface area contributed by atoms with Gasteiger partial charge < -0.3 is 14.2 Å². The van der Waals surface area contributed by atoms with Gasteiger partial charge in [0.25, 0.3) is 0 Å². The minimum absolute atomic E-state index is 0.548. The first-order valence-corrected chi connectivity index (χ1v) is 8.69. The van der Waals surface area contributed by atoms with Crippen molar-refractivity contribution < 1.29 is 14.2 Å². The molecule has 25 heavy (non-hydrogen) atoms. The molecule has 0 amide bonds. The maximum Gasteiger partial charge on any atom is 0.203 e. The van der Waals surface area contributed by atoms with Crippen molar-refractivity contribution in [2.24, 2.45) is 0 Å². The van der Waals surface area contributed by atoms with Crippen molar-refractivity contribution in [2.45, 2.75) is 20.8 Å². The first-order valence-electron chi connectivity index (χ1n) is 8.69. The summed E-state index contributed by atoms with van der Waals surface area (Å²) in [7, 11) is 0. The average molecular weight is 337 g/mol. The molecule has 2 aromatic carbocycles. The van der Waals surface area contributed by atoms with Gasteiger partial charge in [0.05, 0.1) is 25.5 Å². The Balaban J connectivity index is 2.21. The highest BCUT2D eigenvalue weighted by atomic mass is 16.5. The molecule has 130 valence electrons. The van der Waals surface area contributed by atoms with Crippen molar-refractivity contribution in [1.82, 2.24) is 4.98 Å². The van der Waals surface area contributed by atoms with E-state index in [0.29, 0.717) is 37.1 Å². The van der Waals surface area contributed by atoms with Crippen molar-refractivity contribution in [2.75, 3.05) is 19.8 Å². The SMILES string of the molecule is CCOc1cc(-c2nccc3ccccc23)cc(OCC)c1OCC. The highest BCUT2D eigenvalue weighted by Crippen LogP contribution is 2.42. The molecule has 3 rings (SSSR count). The van der Waals surface area contributed by atoms with Gasteiger partial charge >= 0.3 is 0 Å². The molecule has 1 aromatic heterocycles. The monoisotopic (exact) mass is 337 g/mol. The summed E-state index contributed by atoms with van der Waals surface area (Å²) < 4.78 is 17.4. The highest BCUT2D eigenvalue weighted by Gasteiger charge is 2.17. The third-order valence-corrected chi connectivity index (χ3v) is 3.86. The smallest absolute Gasteiger partial charge is 0.203 e. The van der Waals surface area contributed by atoms with Crippen LogP contribution in [0.4, 0.5) is 0 Å². The highest BCUT2D eigenvalue weighted by molar-refractivity contribution is 5.95. The van der Waals surface area contributed by atoms with Crippen LogP contribution in [0.1, 0.15) is 20.8 Å². The Morgan fingerprint density at radius 3 is 2.08 bits per heavy atom. The summed E-state index contributed by atoms with van der Waals surface area (Å²) in [6.07, 6.45) is 1.83. The first kappa shape index (κ1) is 17.1. The first-order chi connectivity index (χ1) is 12.3. The topological polar surface area (TPSA) is 40.6 Å². The number of nitrogens with zero attached hydrogens (tertiary/aromatic N) is 1. The Morgan fingerprint density at radius 2 is 1.44 bits per heavy atom. The maximum atomic E-state index is 5.82. The predicted molar refractivity (Wildman–Crippen MR) is 101 cm³/mol. The van der Waals surface area contributed by atoms with Crippen LogP contribution in [-0.2, 0) is 0 Å². The molecule has 4 heteroatoms. The lowest BCUT2D eigenvalue weighted by atomic mass is 10.0. The van der Waals surface area contributed by atoms with Crippen molar-refractivity contribution in [3.63, 3.8) is 0 Å². The standard InChI is InChI=1S/C21H23NO3/c1-4-23-18-13-16(14-19(24-5-2)21(18)25-6-3)20-17-10-8-7-9-15(17)11-12-22-20/h7-14H,4-6H2,1-3H3. The van der Waals surface area contributed by atoms with E-state index >= 15 is 0 Å². The summed E-state index contributed by atoms with van der Waals surface area (Å²) in [4.78, 5) is 4.60. The minimum atomic E-state index is 0.548. The van der Waals surface area contributed by atoms with Crippen molar-refractivity contribution in [3.05, 3.63) is 48.7 Å². The normalized spacial score (nSPS) is 10.7. The Hall–Kier alpha value is -2.75. The maximum absolute atomic E-state index is 5.82.